The first-order chi connectivity index (χ1) is 4.74. The number of nitrogens with one attached hydrogen (secondary N) is 1. The number of rotatable bonds is 3. The van der Waals surface area contributed by atoms with Crippen LogP contribution in [0.15, 0.2) is 0 Å². The molecule has 0 aromatic rings. The number of hydrogen-bond donors (Lipinski definition) is 2. The van der Waals surface area contributed by atoms with Crippen LogP contribution in [0, 0.1) is 11.8 Å². The molecule has 0 bridgehead atoms. The highest BCUT2D eigenvalue weighted by atomic mass is 16.2. The summed E-state index contributed by atoms with van der Waals surface area (Å²) in [5.74, 6) is 6.21. The fourth-order valence-corrected chi connectivity index (χ4v) is 1.18. The number of amides is 1. The number of carbonyl (C=O) groups excluding carboxylic acids is 1. The normalized spacial score (nSPS) is 20.2. The molecule has 1 saturated carbocycles. The molecule has 1 aliphatic carbocycles. The molecule has 0 aliphatic heterocycles. The molecular formula is C7H14N2O. The Morgan fingerprint density at radius 1 is 1.80 bits per heavy atom. The van der Waals surface area contributed by atoms with Crippen molar-refractivity contribution in [3.63, 3.8) is 0 Å². The lowest BCUT2D eigenvalue weighted by Gasteiger charge is -2.06. The molecule has 1 amide bonds. The molecule has 0 aromatic carbocycles. The molecular weight excluding hydrogens is 128 g/mol. The lowest BCUT2D eigenvalue weighted by atomic mass is 10.0. The summed E-state index contributed by atoms with van der Waals surface area (Å²) in [5.41, 5.74) is 2.14. The SMILES string of the molecule is C[C@@H](CC(=O)NN)C1CC1. The fraction of sp³-hybridized carbons (Fsp3) is 0.857. The standard InChI is InChI=1S/C7H14N2O/c1-5(6-2-3-6)4-7(10)9-8/h5-6H,2-4,8H2,1H3,(H,9,10)/t5-/m0/s1. The van der Waals surface area contributed by atoms with E-state index in [1.807, 2.05) is 0 Å². The summed E-state index contributed by atoms with van der Waals surface area (Å²) in [7, 11) is 0. The molecule has 10 heavy (non-hydrogen) atoms. The summed E-state index contributed by atoms with van der Waals surface area (Å²) in [4.78, 5) is 10.7. The van der Waals surface area contributed by atoms with Gasteiger partial charge in [-0.25, -0.2) is 5.84 Å². The zero-order valence-electron chi connectivity index (χ0n) is 6.26. The Kier molecular flexibility index (Phi) is 2.27. The van der Waals surface area contributed by atoms with Gasteiger partial charge in [-0.3, -0.25) is 10.2 Å². The van der Waals surface area contributed by atoms with Gasteiger partial charge in [0.1, 0.15) is 0 Å². The minimum Gasteiger partial charge on any atom is -0.294 e. The number of carbonyl (C=O) groups is 1. The van der Waals surface area contributed by atoms with E-state index in [0.29, 0.717) is 12.3 Å². The highest BCUT2D eigenvalue weighted by molar-refractivity contribution is 5.75. The van der Waals surface area contributed by atoms with Crippen LogP contribution in [0.4, 0.5) is 0 Å². The summed E-state index contributed by atoms with van der Waals surface area (Å²) < 4.78 is 0. The van der Waals surface area contributed by atoms with Crippen molar-refractivity contribution in [2.45, 2.75) is 26.2 Å². The van der Waals surface area contributed by atoms with Gasteiger partial charge < -0.3 is 0 Å². The Morgan fingerprint density at radius 3 is 2.80 bits per heavy atom. The third-order valence-electron chi connectivity index (χ3n) is 2.10. The molecule has 3 heteroatoms. The first-order valence-electron chi connectivity index (χ1n) is 3.73. The van der Waals surface area contributed by atoms with E-state index in [1.165, 1.54) is 12.8 Å². The van der Waals surface area contributed by atoms with E-state index in [0.717, 1.165) is 5.92 Å². The second-order valence-electron chi connectivity index (χ2n) is 3.09. The van der Waals surface area contributed by atoms with Crippen LogP contribution in [-0.2, 0) is 4.79 Å². The zero-order valence-corrected chi connectivity index (χ0v) is 6.26. The second kappa shape index (κ2) is 3.01. The van der Waals surface area contributed by atoms with E-state index in [9.17, 15) is 4.79 Å². The third-order valence-corrected chi connectivity index (χ3v) is 2.10. The van der Waals surface area contributed by atoms with Crippen molar-refractivity contribution in [2.24, 2.45) is 17.7 Å². The van der Waals surface area contributed by atoms with Crippen molar-refractivity contribution in [3.8, 4) is 0 Å². The van der Waals surface area contributed by atoms with Crippen molar-refractivity contribution >= 4 is 5.91 Å². The van der Waals surface area contributed by atoms with Gasteiger partial charge in [0.25, 0.3) is 0 Å². The fourth-order valence-electron chi connectivity index (χ4n) is 1.18. The molecule has 0 unspecified atom stereocenters. The summed E-state index contributed by atoms with van der Waals surface area (Å²) >= 11 is 0. The predicted molar refractivity (Wildman–Crippen MR) is 38.8 cm³/mol. The number of hydrazine groups is 1. The van der Waals surface area contributed by atoms with E-state index >= 15 is 0 Å². The van der Waals surface area contributed by atoms with Crippen molar-refractivity contribution in [3.05, 3.63) is 0 Å². The van der Waals surface area contributed by atoms with E-state index in [-0.39, 0.29) is 5.91 Å². The van der Waals surface area contributed by atoms with Crippen molar-refractivity contribution < 1.29 is 4.79 Å². The van der Waals surface area contributed by atoms with Gasteiger partial charge >= 0.3 is 0 Å². The largest absolute Gasteiger partial charge is 0.294 e. The minimum atomic E-state index is -0.0422. The van der Waals surface area contributed by atoms with Crippen molar-refractivity contribution in [1.29, 1.82) is 0 Å². The van der Waals surface area contributed by atoms with Gasteiger partial charge in [0.2, 0.25) is 5.91 Å². The maximum atomic E-state index is 10.7. The van der Waals surface area contributed by atoms with Crippen LogP contribution in [-0.4, -0.2) is 5.91 Å². The molecule has 1 fully saturated rings. The Morgan fingerprint density at radius 2 is 2.40 bits per heavy atom. The molecule has 3 nitrogen and oxygen atoms in total. The van der Waals surface area contributed by atoms with Crippen LogP contribution in [0.5, 0.6) is 0 Å². The maximum Gasteiger partial charge on any atom is 0.234 e. The zero-order chi connectivity index (χ0) is 7.56. The van der Waals surface area contributed by atoms with Crippen LogP contribution in [0.2, 0.25) is 0 Å². The summed E-state index contributed by atoms with van der Waals surface area (Å²) in [6.45, 7) is 2.10. The maximum absolute atomic E-state index is 10.7. The Labute approximate surface area is 60.9 Å². The molecule has 0 saturated heterocycles. The molecule has 1 rings (SSSR count). The first-order valence-corrected chi connectivity index (χ1v) is 3.73. The highest BCUT2D eigenvalue weighted by Gasteiger charge is 2.28. The van der Waals surface area contributed by atoms with Gasteiger partial charge in [-0.2, -0.15) is 0 Å². The van der Waals surface area contributed by atoms with Crippen LogP contribution in [0.25, 0.3) is 0 Å². The van der Waals surface area contributed by atoms with Gasteiger partial charge in [-0.15, -0.1) is 0 Å². The average Bonchev–Trinajstić information content (AvgIpc) is 2.68. The van der Waals surface area contributed by atoms with E-state index in [1.54, 1.807) is 0 Å². The Hall–Kier alpha value is -0.570. The molecule has 1 atom stereocenters. The Balaban J connectivity index is 2.16. The van der Waals surface area contributed by atoms with E-state index < -0.39 is 0 Å². The van der Waals surface area contributed by atoms with Crippen molar-refractivity contribution in [1.82, 2.24) is 5.43 Å². The van der Waals surface area contributed by atoms with Crippen LogP contribution < -0.4 is 11.3 Å². The van der Waals surface area contributed by atoms with Crippen LogP contribution in [0.1, 0.15) is 26.2 Å². The van der Waals surface area contributed by atoms with Crippen LogP contribution in [0.3, 0.4) is 0 Å². The van der Waals surface area contributed by atoms with E-state index in [2.05, 4.69) is 12.3 Å². The van der Waals surface area contributed by atoms with E-state index in [4.69, 9.17) is 5.84 Å². The quantitative estimate of drug-likeness (QED) is 0.341. The van der Waals surface area contributed by atoms with Gasteiger partial charge in [-0.05, 0) is 24.7 Å². The average molecular weight is 142 g/mol. The van der Waals surface area contributed by atoms with Gasteiger partial charge in [0.15, 0.2) is 0 Å². The Bertz CT molecular complexity index is 132. The highest BCUT2D eigenvalue weighted by Crippen LogP contribution is 2.37. The van der Waals surface area contributed by atoms with Crippen LogP contribution >= 0.6 is 0 Å². The molecule has 0 heterocycles. The second-order valence-corrected chi connectivity index (χ2v) is 3.09. The molecule has 0 aromatic heterocycles. The summed E-state index contributed by atoms with van der Waals surface area (Å²) in [6, 6.07) is 0. The minimum absolute atomic E-state index is 0.0422. The van der Waals surface area contributed by atoms with Crippen molar-refractivity contribution in [2.75, 3.05) is 0 Å². The van der Waals surface area contributed by atoms with Gasteiger partial charge in [-0.1, -0.05) is 6.92 Å². The molecule has 3 N–H and O–H groups in total. The summed E-state index contributed by atoms with van der Waals surface area (Å²) in [5, 5.41) is 0. The number of nitrogens with two attached hydrogens (primary N) is 1. The van der Waals surface area contributed by atoms with Gasteiger partial charge in [0, 0.05) is 6.42 Å². The molecule has 1 aliphatic rings. The summed E-state index contributed by atoms with van der Waals surface area (Å²) in [6.07, 6.45) is 3.17. The van der Waals surface area contributed by atoms with Gasteiger partial charge in [0.05, 0.1) is 0 Å². The molecule has 0 radical (unpaired) electrons. The molecule has 0 spiro atoms. The topological polar surface area (TPSA) is 55.1 Å². The third kappa shape index (κ3) is 1.99. The lowest BCUT2D eigenvalue weighted by molar-refractivity contribution is -0.122. The monoisotopic (exact) mass is 142 g/mol. The lowest BCUT2D eigenvalue weighted by Crippen LogP contribution is -2.31. The molecule has 58 valence electrons. The smallest absolute Gasteiger partial charge is 0.234 e. The first kappa shape index (κ1) is 7.54. The predicted octanol–water partition coefficient (Wildman–Crippen LogP) is 0.412. The number of hydrogen-bond acceptors (Lipinski definition) is 2.